The number of carbonyl (C=O) groups excluding carboxylic acids is 2. The van der Waals surface area contributed by atoms with E-state index in [0.717, 1.165) is 24.0 Å². The van der Waals surface area contributed by atoms with E-state index in [1.165, 1.54) is 0 Å². The first kappa shape index (κ1) is 17.0. The van der Waals surface area contributed by atoms with Crippen molar-refractivity contribution >= 4 is 17.5 Å². The Labute approximate surface area is 147 Å². The van der Waals surface area contributed by atoms with Gasteiger partial charge in [0.25, 0.3) is 11.8 Å². The van der Waals surface area contributed by atoms with Gasteiger partial charge in [-0.2, -0.15) is 0 Å². The fourth-order valence-electron chi connectivity index (χ4n) is 2.42. The number of hydrogen-bond donors (Lipinski definition) is 2. The Balaban J connectivity index is 1.52. The Hall–Kier alpha value is -2.82. The molecule has 3 rings (SSSR count). The molecule has 0 aromatic heterocycles. The Morgan fingerprint density at radius 2 is 1.80 bits per heavy atom. The van der Waals surface area contributed by atoms with Crippen molar-refractivity contribution in [2.24, 2.45) is 0 Å². The number of aryl methyl sites for hydroxylation is 1. The van der Waals surface area contributed by atoms with E-state index in [1.807, 2.05) is 32.0 Å². The molecule has 0 atom stereocenters. The summed E-state index contributed by atoms with van der Waals surface area (Å²) in [6.07, 6.45) is 2.11. The van der Waals surface area contributed by atoms with E-state index >= 15 is 0 Å². The lowest BCUT2D eigenvalue weighted by atomic mass is 10.1. The third-order valence-electron chi connectivity index (χ3n) is 4.26. The van der Waals surface area contributed by atoms with Crippen molar-refractivity contribution in [2.75, 3.05) is 11.9 Å². The monoisotopic (exact) mass is 338 g/mol. The summed E-state index contributed by atoms with van der Waals surface area (Å²) in [5, 5.41) is 5.70. The SMILES string of the molecule is Cc1cccc(OCC(=O)Nc2ccc(C(=O)NC3CC3)cc2)c1C. The number of rotatable bonds is 6. The Morgan fingerprint density at radius 1 is 1.08 bits per heavy atom. The zero-order valence-corrected chi connectivity index (χ0v) is 14.5. The van der Waals surface area contributed by atoms with Crippen LogP contribution in [0.4, 0.5) is 5.69 Å². The second-order valence-electron chi connectivity index (χ2n) is 6.36. The zero-order chi connectivity index (χ0) is 17.8. The van der Waals surface area contributed by atoms with Gasteiger partial charge in [0, 0.05) is 17.3 Å². The minimum absolute atomic E-state index is 0.0613. The first-order valence-corrected chi connectivity index (χ1v) is 8.43. The minimum atomic E-state index is -0.240. The van der Waals surface area contributed by atoms with Gasteiger partial charge in [-0.15, -0.1) is 0 Å². The lowest BCUT2D eigenvalue weighted by molar-refractivity contribution is -0.118. The second-order valence-corrected chi connectivity index (χ2v) is 6.36. The zero-order valence-electron chi connectivity index (χ0n) is 14.5. The number of anilines is 1. The van der Waals surface area contributed by atoms with Gasteiger partial charge in [0.2, 0.25) is 0 Å². The molecular formula is C20H22N2O3. The van der Waals surface area contributed by atoms with Gasteiger partial charge in [0.1, 0.15) is 5.75 Å². The van der Waals surface area contributed by atoms with Crippen LogP contribution in [-0.2, 0) is 4.79 Å². The molecule has 2 aromatic carbocycles. The summed E-state index contributed by atoms with van der Waals surface area (Å²) >= 11 is 0. The average molecular weight is 338 g/mol. The molecule has 1 fully saturated rings. The van der Waals surface area contributed by atoms with Crippen molar-refractivity contribution in [3.8, 4) is 5.75 Å². The number of nitrogens with one attached hydrogen (secondary N) is 2. The van der Waals surface area contributed by atoms with Crippen LogP contribution in [0.5, 0.6) is 5.75 Å². The third-order valence-corrected chi connectivity index (χ3v) is 4.26. The van der Waals surface area contributed by atoms with Gasteiger partial charge in [-0.25, -0.2) is 0 Å². The van der Waals surface area contributed by atoms with Crippen LogP contribution in [0.25, 0.3) is 0 Å². The Morgan fingerprint density at radius 3 is 2.48 bits per heavy atom. The van der Waals surface area contributed by atoms with Crippen molar-refractivity contribution < 1.29 is 14.3 Å². The molecule has 25 heavy (non-hydrogen) atoms. The molecule has 0 aliphatic heterocycles. The summed E-state index contributed by atoms with van der Waals surface area (Å²) in [5.74, 6) is 0.400. The molecule has 1 aliphatic carbocycles. The number of hydrogen-bond acceptors (Lipinski definition) is 3. The van der Waals surface area contributed by atoms with Crippen LogP contribution in [0.3, 0.4) is 0 Å². The van der Waals surface area contributed by atoms with Crippen LogP contribution in [0.2, 0.25) is 0 Å². The highest BCUT2D eigenvalue weighted by Gasteiger charge is 2.23. The molecule has 130 valence electrons. The molecule has 0 bridgehead atoms. The molecular weight excluding hydrogens is 316 g/mol. The van der Waals surface area contributed by atoms with Gasteiger partial charge in [0.05, 0.1) is 0 Å². The molecule has 1 aliphatic rings. The standard InChI is InChI=1S/C20H22N2O3/c1-13-4-3-5-18(14(13)2)25-12-19(23)21-16-8-6-15(7-9-16)20(24)22-17-10-11-17/h3-9,17H,10-12H2,1-2H3,(H,21,23)(H,22,24). The highest BCUT2D eigenvalue weighted by Crippen LogP contribution is 2.21. The Bertz CT molecular complexity index is 780. The van der Waals surface area contributed by atoms with Crippen molar-refractivity contribution in [1.82, 2.24) is 5.32 Å². The van der Waals surface area contributed by atoms with Crippen LogP contribution in [0, 0.1) is 13.8 Å². The van der Waals surface area contributed by atoms with E-state index in [-0.39, 0.29) is 18.4 Å². The van der Waals surface area contributed by atoms with Gasteiger partial charge < -0.3 is 15.4 Å². The highest BCUT2D eigenvalue weighted by atomic mass is 16.5. The maximum absolute atomic E-state index is 12.0. The molecule has 5 heteroatoms. The highest BCUT2D eigenvalue weighted by molar-refractivity contribution is 5.96. The van der Waals surface area contributed by atoms with Crippen molar-refractivity contribution in [3.63, 3.8) is 0 Å². The summed E-state index contributed by atoms with van der Waals surface area (Å²) < 4.78 is 5.59. The van der Waals surface area contributed by atoms with Crippen LogP contribution >= 0.6 is 0 Å². The van der Waals surface area contributed by atoms with E-state index in [4.69, 9.17) is 4.74 Å². The maximum atomic E-state index is 12.0. The average Bonchev–Trinajstić information content (AvgIpc) is 3.41. The molecule has 0 unspecified atom stereocenters. The molecule has 0 spiro atoms. The molecule has 5 nitrogen and oxygen atoms in total. The largest absolute Gasteiger partial charge is 0.483 e. The van der Waals surface area contributed by atoms with Crippen LogP contribution in [0.1, 0.15) is 34.3 Å². The van der Waals surface area contributed by atoms with Crippen molar-refractivity contribution in [2.45, 2.75) is 32.7 Å². The van der Waals surface area contributed by atoms with Crippen molar-refractivity contribution in [3.05, 3.63) is 59.2 Å². The van der Waals surface area contributed by atoms with Gasteiger partial charge >= 0.3 is 0 Å². The molecule has 0 heterocycles. The minimum Gasteiger partial charge on any atom is -0.483 e. The Kier molecular flexibility index (Phi) is 5.03. The summed E-state index contributed by atoms with van der Waals surface area (Å²) in [6, 6.07) is 12.9. The van der Waals surface area contributed by atoms with Crippen LogP contribution in [-0.4, -0.2) is 24.5 Å². The fraction of sp³-hybridized carbons (Fsp3) is 0.300. The van der Waals surface area contributed by atoms with E-state index in [1.54, 1.807) is 24.3 Å². The first-order valence-electron chi connectivity index (χ1n) is 8.43. The summed E-state index contributed by atoms with van der Waals surface area (Å²) in [5.41, 5.74) is 3.38. The van der Waals surface area contributed by atoms with E-state index in [0.29, 0.717) is 23.0 Å². The quantitative estimate of drug-likeness (QED) is 0.850. The molecule has 2 aromatic rings. The topological polar surface area (TPSA) is 67.4 Å². The smallest absolute Gasteiger partial charge is 0.262 e. The van der Waals surface area contributed by atoms with Gasteiger partial charge in [-0.05, 0) is 68.1 Å². The van der Waals surface area contributed by atoms with Gasteiger partial charge in [-0.1, -0.05) is 12.1 Å². The summed E-state index contributed by atoms with van der Waals surface area (Å²) in [4.78, 5) is 24.0. The summed E-state index contributed by atoms with van der Waals surface area (Å²) in [6.45, 7) is 3.91. The number of benzene rings is 2. The predicted octanol–water partition coefficient (Wildman–Crippen LogP) is 3.21. The maximum Gasteiger partial charge on any atom is 0.262 e. The molecule has 0 radical (unpaired) electrons. The van der Waals surface area contributed by atoms with Crippen LogP contribution in [0.15, 0.2) is 42.5 Å². The van der Waals surface area contributed by atoms with E-state index in [9.17, 15) is 9.59 Å². The van der Waals surface area contributed by atoms with E-state index in [2.05, 4.69) is 10.6 Å². The first-order chi connectivity index (χ1) is 12.0. The third kappa shape index (κ3) is 4.59. The van der Waals surface area contributed by atoms with Crippen LogP contribution < -0.4 is 15.4 Å². The van der Waals surface area contributed by atoms with Crippen molar-refractivity contribution in [1.29, 1.82) is 0 Å². The molecule has 2 N–H and O–H groups in total. The predicted molar refractivity (Wildman–Crippen MR) is 97.0 cm³/mol. The van der Waals surface area contributed by atoms with Gasteiger partial charge in [-0.3, -0.25) is 9.59 Å². The number of amides is 2. The van der Waals surface area contributed by atoms with Gasteiger partial charge in [0.15, 0.2) is 6.61 Å². The molecule has 2 amide bonds. The fourth-order valence-corrected chi connectivity index (χ4v) is 2.42. The van der Waals surface area contributed by atoms with E-state index < -0.39 is 0 Å². The number of carbonyl (C=O) groups is 2. The second kappa shape index (κ2) is 7.38. The number of ether oxygens (including phenoxy) is 1. The summed E-state index contributed by atoms with van der Waals surface area (Å²) in [7, 11) is 0. The lowest BCUT2D eigenvalue weighted by Crippen LogP contribution is -2.25. The lowest BCUT2D eigenvalue weighted by Gasteiger charge is -2.11. The normalized spacial score (nSPS) is 13.2. The molecule has 0 saturated heterocycles. The molecule has 1 saturated carbocycles.